The molecular formula is C46H42Br2N2O4. The van der Waals surface area contributed by atoms with E-state index in [4.69, 9.17) is 9.47 Å². The maximum absolute atomic E-state index is 14.2. The highest BCUT2D eigenvalue weighted by molar-refractivity contribution is 9.11. The van der Waals surface area contributed by atoms with E-state index in [1.807, 2.05) is 121 Å². The Morgan fingerprint density at radius 2 is 0.778 bits per heavy atom. The van der Waals surface area contributed by atoms with E-state index >= 15 is 0 Å². The normalized spacial score (nSPS) is 10.8. The van der Waals surface area contributed by atoms with E-state index in [0.717, 1.165) is 24.0 Å². The van der Waals surface area contributed by atoms with Gasteiger partial charge in [0.05, 0.1) is 22.2 Å². The smallest absolute Gasteiger partial charge is 0.254 e. The Hall–Kier alpha value is -5.18. The highest BCUT2D eigenvalue weighted by atomic mass is 79.9. The number of carbonyl (C=O) groups excluding carboxylic acids is 2. The first-order valence-electron chi connectivity index (χ1n) is 18.0. The number of ether oxygens (including phenoxy) is 2. The summed E-state index contributed by atoms with van der Waals surface area (Å²) >= 11 is 7.27. The third kappa shape index (κ3) is 11.2. The number of halogens is 2. The first-order chi connectivity index (χ1) is 26.4. The van der Waals surface area contributed by atoms with Crippen LogP contribution in [0.2, 0.25) is 0 Å². The molecule has 0 bridgehead atoms. The Bertz CT molecular complexity index is 1950. The number of nitrogens with zero attached hydrogens (tertiary/aromatic N) is 2. The molecule has 0 saturated heterocycles. The molecule has 274 valence electrons. The molecule has 54 heavy (non-hydrogen) atoms. The second-order valence-electron chi connectivity index (χ2n) is 12.9. The Labute approximate surface area is 334 Å². The predicted molar refractivity (Wildman–Crippen MR) is 222 cm³/mol. The van der Waals surface area contributed by atoms with Crippen LogP contribution in [0.15, 0.2) is 167 Å². The van der Waals surface area contributed by atoms with Gasteiger partial charge in [0.2, 0.25) is 0 Å². The summed E-state index contributed by atoms with van der Waals surface area (Å²) in [5, 5.41) is 0. The van der Waals surface area contributed by atoms with Gasteiger partial charge in [-0.2, -0.15) is 0 Å². The minimum Gasteiger partial charge on any atom is -0.492 e. The van der Waals surface area contributed by atoms with Crippen molar-refractivity contribution in [1.29, 1.82) is 0 Å². The molecule has 0 heterocycles. The molecule has 0 fully saturated rings. The molecule has 0 saturated carbocycles. The lowest BCUT2D eigenvalue weighted by molar-refractivity contribution is 0.0644. The number of hydrogen-bond donors (Lipinski definition) is 0. The van der Waals surface area contributed by atoms with Crippen molar-refractivity contribution in [3.05, 3.63) is 200 Å². The predicted octanol–water partition coefficient (Wildman–Crippen LogP) is 10.4. The van der Waals surface area contributed by atoms with Gasteiger partial charge in [0.25, 0.3) is 11.8 Å². The Morgan fingerprint density at radius 1 is 0.444 bits per heavy atom. The fourth-order valence-electron chi connectivity index (χ4n) is 6.07. The summed E-state index contributed by atoms with van der Waals surface area (Å²) in [4.78, 5) is 32.1. The molecule has 0 spiro atoms. The van der Waals surface area contributed by atoms with Gasteiger partial charge < -0.3 is 19.3 Å². The number of hydrogen-bond acceptors (Lipinski definition) is 4. The zero-order chi connectivity index (χ0) is 37.5. The third-order valence-electron chi connectivity index (χ3n) is 8.99. The van der Waals surface area contributed by atoms with Crippen LogP contribution < -0.4 is 9.47 Å². The van der Waals surface area contributed by atoms with Crippen LogP contribution in [0.25, 0.3) is 0 Å². The quantitative estimate of drug-likeness (QED) is 0.0918. The summed E-state index contributed by atoms with van der Waals surface area (Å²) in [6, 6.07) is 51.1. The van der Waals surface area contributed by atoms with Crippen LogP contribution in [0.5, 0.6) is 11.5 Å². The second kappa shape index (κ2) is 19.8. The minimum absolute atomic E-state index is 0.137. The average Bonchev–Trinajstić information content (AvgIpc) is 3.21. The maximum atomic E-state index is 14.2. The van der Waals surface area contributed by atoms with Gasteiger partial charge in [-0.25, -0.2) is 0 Å². The molecule has 0 aliphatic heterocycles. The standard InChI is InChI=1S/C46H42Br2N2O4/c47-41-31-39(21-23-43(41)53-29-25-35-13-5-1-6-14-35)45(51)49(33-37-17-9-3-10-18-37)27-28-50(34-38-19-11-4-12-20-38)46(52)40-22-24-44(42(48)32-40)54-30-26-36-15-7-2-8-16-36/h1-24,31-32H,25-30,33-34H2. The van der Waals surface area contributed by atoms with Crippen LogP contribution in [0.3, 0.4) is 0 Å². The lowest BCUT2D eigenvalue weighted by Gasteiger charge is -2.29. The Balaban J connectivity index is 1.17. The molecule has 6 rings (SSSR count). The molecular weight excluding hydrogens is 804 g/mol. The minimum atomic E-state index is -0.137. The largest absolute Gasteiger partial charge is 0.492 e. The number of rotatable bonds is 17. The molecule has 0 atom stereocenters. The van der Waals surface area contributed by atoms with Gasteiger partial charge in [-0.05, 0) is 90.5 Å². The molecule has 0 unspecified atom stereocenters. The number of amides is 2. The fraction of sp³-hybridized carbons (Fsp3) is 0.174. The molecule has 0 aliphatic carbocycles. The highest BCUT2D eigenvalue weighted by Crippen LogP contribution is 2.29. The SMILES string of the molecule is O=C(c1ccc(OCCc2ccccc2)c(Br)c1)N(CCN(Cc1ccccc1)C(=O)c1ccc(OCCc2ccccc2)c(Br)c1)Cc1ccccc1. The van der Waals surface area contributed by atoms with Crippen LogP contribution in [0.4, 0.5) is 0 Å². The summed E-state index contributed by atoms with van der Waals surface area (Å²) < 4.78 is 13.5. The molecule has 6 nitrogen and oxygen atoms in total. The monoisotopic (exact) mass is 844 g/mol. The number of benzene rings is 6. The van der Waals surface area contributed by atoms with Crippen molar-refractivity contribution in [2.45, 2.75) is 25.9 Å². The van der Waals surface area contributed by atoms with Crippen molar-refractivity contribution in [2.24, 2.45) is 0 Å². The zero-order valence-electron chi connectivity index (χ0n) is 30.0. The van der Waals surface area contributed by atoms with E-state index in [1.165, 1.54) is 11.1 Å². The summed E-state index contributed by atoms with van der Waals surface area (Å²) in [6.07, 6.45) is 1.56. The summed E-state index contributed by atoms with van der Waals surface area (Å²) in [7, 11) is 0. The summed E-state index contributed by atoms with van der Waals surface area (Å²) in [5.41, 5.74) is 5.45. The molecule has 0 N–H and O–H groups in total. The van der Waals surface area contributed by atoms with E-state index < -0.39 is 0 Å². The number of carbonyl (C=O) groups is 2. The maximum Gasteiger partial charge on any atom is 0.254 e. The van der Waals surface area contributed by atoms with Crippen LogP contribution in [0, 0.1) is 0 Å². The van der Waals surface area contributed by atoms with E-state index in [0.29, 0.717) is 71.0 Å². The van der Waals surface area contributed by atoms with Crippen molar-refractivity contribution in [3.8, 4) is 11.5 Å². The van der Waals surface area contributed by atoms with Gasteiger partial charge in [-0.15, -0.1) is 0 Å². The topological polar surface area (TPSA) is 59.1 Å². The lowest BCUT2D eigenvalue weighted by Crippen LogP contribution is -2.40. The van der Waals surface area contributed by atoms with E-state index in [1.54, 1.807) is 21.9 Å². The van der Waals surface area contributed by atoms with Crippen LogP contribution in [0.1, 0.15) is 43.0 Å². The average molecular weight is 847 g/mol. The summed E-state index contributed by atoms with van der Waals surface area (Å²) in [5.74, 6) is 1.08. The molecule has 8 heteroatoms. The van der Waals surface area contributed by atoms with Crippen molar-refractivity contribution >= 4 is 43.7 Å². The van der Waals surface area contributed by atoms with Gasteiger partial charge in [-0.1, -0.05) is 121 Å². The highest BCUT2D eigenvalue weighted by Gasteiger charge is 2.23. The van der Waals surface area contributed by atoms with E-state index in [-0.39, 0.29) is 11.8 Å². The van der Waals surface area contributed by atoms with Crippen molar-refractivity contribution in [3.63, 3.8) is 0 Å². The fourth-order valence-corrected chi connectivity index (χ4v) is 7.05. The second-order valence-corrected chi connectivity index (χ2v) is 14.6. The molecule has 6 aromatic carbocycles. The van der Waals surface area contributed by atoms with Crippen molar-refractivity contribution in [2.75, 3.05) is 26.3 Å². The molecule has 0 radical (unpaired) electrons. The first-order valence-corrected chi connectivity index (χ1v) is 19.6. The van der Waals surface area contributed by atoms with Crippen LogP contribution >= 0.6 is 31.9 Å². The van der Waals surface area contributed by atoms with Gasteiger partial charge in [-0.3, -0.25) is 9.59 Å². The zero-order valence-corrected chi connectivity index (χ0v) is 33.1. The van der Waals surface area contributed by atoms with Gasteiger partial charge in [0.1, 0.15) is 11.5 Å². The molecule has 6 aromatic rings. The van der Waals surface area contributed by atoms with Crippen LogP contribution in [-0.4, -0.2) is 47.9 Å². The van der Waals surface area contributed by atoms with Gasteiger partial charge in [0, 0.05) is 50.1 Å². The van der Waals surface area contributed by atoms with E-state index in [2.05, 4.69) is 56.1 Å². The Kier molecular flexibility index (Phi) is 14.1. The molecule has 0 aliphatic rings. The van der Waals surface area contributed by atoms with Crippen LogP contribution in [-0.2, 0) is 25.9 Å². The van der Waals surface area contributed by atoms with E-state index in [9.17, 15) is 9.59 Å². The Morgan fingerprint density at radius 3 is 1.11 bits per heavy atom. The first kappa shape index (κ1) is 38.5. The third-order valence-corrected chi connectivity index (χ3v) is 10.2. The molecule has 2 amide bonds. The van der Waals surface area contributed by atoms with Gasteiger partial charge in [0.15, 0.2) is 0 Å². The van der Waals surface area contributed by atoms with Gasteiger partial charge >= 0.3 is 0 Å². The van der Waals surface area contributed by atoms with Crippen molar-refractivity contribution in [1.82, 2.24) is 9.80 Å². The lowest BCUT2D eigenvalue weighted by atomic mass is 10.1. The summed E-state index contributed by atoms with van der Waals surface area (Å²) in [6.45, 7) is 2.45. The molecule has 0 aromatic heterocycles. The van der Waals surface area contributed by atoms with Crippen molar-refractivity contribution < 1.29 is 19.1 Å².